The molecule has 8 heteroatoms. The Morgan fingerprint density at radius 3 is 2.79 bits per heavy atom. The molecular formula is C26H29FN4O3. The van der Waals surface area contributed by atoms with Crippen molar-refractivity contribution in [1.29, 1.82) is 0 Å². The van der Waals surface area contributed by atoms with Crippen LogP contribution in [0.25, 0.3) is 27.9 Å². The maximum Gasteiger partial charge on any atom is 0.303 e. The van der Waals surface area contributed by atoms with E-state index in [1.165, 1.54) is 24.0 Å². The number of carboxylic acids is 1. The van der Waals surface area contributed by atoms with Crippen molar-refractivity contribution in [2.45, 2.75) is 44.6 Å². The maximum atomic E-state index is 14.0. The van der Waals surface area contributed by atoms with E-state index < -0.39 is 5.97 Å². The van der Waals surface area contributed by atoms with E-state index in [9.17, 15) is 9.18 Å². The van der Waals surface area contributed by atoms with E-state index in [0.29, 0.717) is 40.5 Å². The summed E-state index contributed by atoms with van der Waals surface area (Å²) in [4.78, 5) is 23.3. The van der Waals surface area contributed by atoms with Crippen LogP contribution in [0, 0.1) is 17.7 Å². The van der Waals surface area contributed by atoms with Crippen LogP contribution in [0.5, 0.6) is 5.75 Å². The normalized spacial score (nSPS) is 23.0. The third kappa shape index (κ3) is 4.55. The second kappa shape index (κ2) is 9.54. The molecule has 178 valence electrons. The zero-order valence-corrected chi connectivity index (χ0v) is 19.2. The van der Waals surface area contributed by atoms with Gasteiger partial charge in [0.25, 0.3) is 0 Å². The molecule has 3 heterocycles. The van der Waals surface area contributed by atoms with Gasteiger partial charge in [-0.2, -0.15) is 0 Å². The SMILES string of the molecule is COc1ccc(F)cc1-c1ncnc2[nH]c(C3=CCNC(C4CCC(CC(=O)O)CC4)C3)cc12. The van der Waals surface area contributed by atoms with Crippen molar-refractivity contribution in [3.8, 4) is 17.0 Å². The van der Waals surface area contributed by atoms with Crippen LogP contribution in [-0.2, 0) is 4.79 Å². The van der Waals surface area contributed by atoms with Crippen LogP contribution >= 0.6 is 0 Å². The molecule has 3 aromatic rings. The maximum absolute atomic E-state index is 14.0. The fourth-order valence-electron chi connectivity index (χ4n) is 5.51. The average Bonchev–Trinajstić information content (AvgIpc) is 3.29. The first-order valence-corrected chi connectivity index (χ1v) is 11.8. The lowest BCUT2D eigenvalue weighted by atomic mass is 9.75. The first kappa shape index (κ1) is 22.5. The van der Waals surface area contributed by atoms with E-state index in [1.54, 1.807) is 13.2 Å². The van der Waals surface area contributed by atoms with Crippen molar-refractivity contribution in [3.63, 3.8) is 0 Å². The number of hydrogen-bond acceptors (Lipinski definition) is 5. The Kier molecular flexibility index (Phi) is 6.32. The number of fused-ring (bicyclic) bond motifs is 1. The van der Waals surface area contributed by atoms with Gasteiger partial charge in [-0.3, -0.25) is 4.79 Å². The predicted molar refractivity (Wildman–Crippen MR) is 128 cm³/mol. The number of hydrogen-bond donors (Lipinski definition) is 3. The topological polar surface area (TPSA) is 100 Å². The Bertz CT molecular complexity index is 1230. The molecule has 2 aromatic heterocycles. The van der Waals surface area contributed by atoms with E-state index in [2.05, 4.69) is 26.3 Å². The summed E-state index contributed by atoms with van der Waals surface area (Å²) >= 11 is 0. The summed E-state index contributed by atoms with van der Waals surface area (Å²) in [5, 5.41) is 13.5. The smallest absolute Gasteiger partial charge is 0.303 e. The number of ether oxygens (including phenoxy) is 1. The standard InChI is InChI=1S/C26H29FN4O3/c1-34-23-7-6-18(27)12-19(23)25-20-13-22(31-26(20)30-14-29-25)17-8-9-28-21(11-17)16-4-2-15(3-5-16)10-24(32)33/h6-8,12-16,21,28H,2-5,9-11H2,1H3,(H,32,33)(H,29,30,31). The van der Waals surface area contributed by atoms with Crippen molar-refractivity contribution >= 4 is 22.6 Å². The summed E-state index contributed by atoms with van der Waals surface area (Å²) < 4.78 is 19.5. The molecular weight excluding hydrogens is 435 g/mol. The van der Waals surface area contributed by atoms with Gasteiger partial charge in [-0.25, -0.2) is 14.4 Å². The molecule has 1 aromatic carbocycles. The van der Waals surface area contributed by atoms with E-state index in [4.69, 9.17) is 9.84 Å². The second-order valence-electron chi connectivity index (χ2n) is 9.34. The van der Waals surface area contributed by atoms with Crippen molar-refractivity contribution in [2.24, 2.45) is 11.8 Å². The highest BCUT2D eigenvalue weighted by Gasteiger charge is 2.30. The molecule has 0 bridgehead atoms. The highest BCUT2D eigenvalue weighted by molar-refractivity contribution is 5.94. The molecule has 5 rings (SSSR count). The zero-order chi connectivity index (χ0) is 23.7. The number of rotatable bonds is 6. The Labute approximate surface area is 197 Å². The van der Waals surface area contributed by atoms with Crippen LogP contribution < -0.4 is 10.1 Å². The number of nitrogens with one attached hydrogen (secondary N) is 2. The number of nitrogens with zero attached hydrogens (tertiary/aromatic N) is 2. The highest BCUT2D eigenvalue weighted by atomic mass is 19.1. The molecule has 0 saturated heterocycles. The van der Waals surface area contributed by atoms with Gasteiger partial charge in [0.05, 0.1) is 12.8 Å². The minimum Gasteiger partial charge on any atom is -0.496 e. The lowest BCUT2D eigenvalue weighted by Crippen LogP contribution is -2.40. The molecule has 0 spiro atoms. The molecule has 1 atom stereocenters. The number of aliphatic carboxylic acids is 1. The Balaban J connectivity index is 1.37. The highest BCUT2D eigenvalue weighted by Crippen LogP contribution is 2.38. The third-order valence-corrected chi connectivity index (χ3v) is 7.28. The minimum absolute atomic E-state index is 0.282. The fraction of sp³-hybridized carbons (Fsp3) is 0.423. The van der Waals surface area contributed by atoms with Crippen molar-refractivity contribution in [2.75, 3.05) is 13.7 Å². The number of carbonyl (C=O) groups is 1. The number of carboxylic acid groups (broad SMARTS) is 1. The Hall–Kier alpha value is -3.26. The van der Waals surface area contributed by atoms with Crippen molar-refractivity contribution < 1.29 is 19.0 Å². The number of aromatic amines is 1. The molecule has 34 heavy (non-hydrogen) atoms. The molecule has 7 nitrogen and oxygen atoms in total. The van der Waals surface area contributed by atoms with Gasteiger partial charge in [0.2, 0.25) is 0 Å². The van der Waals surface area contributed by atoms with Crippen LogP contribution in [0.1, 0.15) is 44.2 Å². The number of benzene rings is 1. The van der Waals surface area contributed by atoms with Gasteiger partial charge in [-0.15, -0.1) is 0 Å². The van der Waals surface area contributed by atoms with Gasteiger partial charge in [-0.1, -0.05) is 6.08 Å². The molecule has 1 saturated carbocycles. The first-order chi connectivity index (χ1) is 16.5. The quantitative estimate of drug-likeness (QED) is 0.485. The molecule has 2 aliphatic rings. The van der Waals surface area contributed by atoms with Crippen LogP contribution in [-0.4, -0.2) is 45.7 Å². The number of methoxy groups -OCH3 is 1. The summed E-state index contributed by atoms with van der Waals surface area (Å²) in [6.45, 7) is 0.792. The Morgan fingerprint density at radius 2 is 2.03 bits per heavy atom. The fourth-order valence-corrected chi connectivity index (χ4v) is 5.51. The van der Waals surface area contributed by atoms with Crippen LogP contribution in [0.4, 0.5) is 4.39 Å². The molecule has 0 amide bonds. The van der Waals surface area contributed by atoms with Crippen LogP contribution in [0.2, 0.25) is 0 Å². The lowest BCUT2D eigenvalue weighted by Gasteiger charge is -2.36. The number of halogens is 1. The zero-order valence-electron chi connectivity index (χ0n) is 19.2. The van der Waals surface area contributed by atoms with Crippen LogP contribution in [0.3, 0.4) is 0 Å². The first-order valence-electron chi connectivity index (χ1n) is 11.8. The minimum atomic E-state index is -0.693. The van der Waals surface area contributed by atoms with Crippen LogP contribution in [0.15, 0.2) is 36.7 Å². The van der Waals surface area contributed by atoms with Gasteiger partial charge >= 0.3 is 5.97 Å². The second-order valence-corrected chi connectivity index (χ2v) is 9.34. The third-order valence-electron chi connectivity index (χ3n) is 7.28. The van der Waals surface area contributed by atoms with E-state index >= 15 is 0 Å². The molecule has 0 radical (unpaired) electrons. The van der Waals surface area contributed by atoms with E-state index in [-0.39, 0.29) is 12.2 Å². The molecule has 1 aliphatic heterocycles. The predicted octanol–water partition coefficient (Wildman–Crippen LogP) is 4.80. The lowest BCUT2D eigenvalue weighted by molar-refractivity contribution is -0.138. The summed E-state index contributed by atoms with van der Waals surface area (Å²) in [5.41, 5.74) is 4.16. The summed E-state index contributed by atoms with van der Waals surface area (Å²) in [6, 6.07) is 6.84. The number of aromatic nitrogens is 3. The number of H-pyrrole nitrogens is 1. The summed E-state index contributed by atoms with van der Waals surface area (Å²) in [6.07, 6.45) is 8.95. The van der Waals surface area contributed by atoms with Gasteiger partial charge in [0, 0.05) is 35.7 Å². The van der Waals surface area contributed by atoms with E-state index in [0.717, 1.165) is 49.7 Å². The monoisotopic (exact) mass is 464 g/mol. The largest absolute Gasteiger partial charge is 0.496 e. The molecule has 3 N–H and O–H groups in total. The molecule has 1 unspecified atom stereocenters. The molecule has 1 fully saturated rings. The van der Waals surface area contributed by atoms with Crippen molar-refractivity contribution in [1.82, 2.24) is 20.3 Å². The Morgan fingerprint density at radius 1 is 1.21 bits per heavy atom. The van der Waals surface area contributed by atoms with Gasteiger partial charge in [0.15, 0.2) is 0 Å². The molecule has 1 aliphatic carbocycles. The van der Waals surface area contributed by atoms with E-state index in [1.807, 2.05) is 6.07 Å². The van der Waals surface area contributed by atoms with Gasteiger partial charge in [0.1, 0.15) is 23.5 Å². The summed E-state index contributed by atoms with van der Waals surface area (Å²) in [7, 11) is 1.56. The average molecular weight is 465 g/mol. The van der Waals surface area contributed by atoms with Crippen molar-refractivity contribution in [3.05, 3.63) is 48.2 Å². The van der Waals surface area contributed by atoms with Gasteiger partial charge < -0.3 is 20.1 Å². The van der Waals surface area contributed by atoms with Gasteiger partial charge in [-0.05, 0) is 73.8 Å². The summed E-state index contributed by atoms with van der Waals surface area (Å²) in [5.74, 6) is 0.369.